The SMILES string of the molecule is CCNC(=O)c1ccnc(NC2CCCN(c3nc4ccccc4s3)C2)c1. The van der Waals surface area contributed by atoms with Crippen LogP contribution in [0.1, 0.15) is 30.1 Å². The van der Waals surface area contributed by atoms with Crippen LogP contribution in [0.2, 0.25) is 0 Å². The number of hydrogen-bond donors (Lipinski definition) is 2. The van der Waals surface area contributed by atoms with E-state index in [0.29, 0.717) is 12.1 Å². The van der Waals surface area contributed by atoms with Crippen molar-refractivity contribution in [3.63, 3.8) is 0 Å². The molecule has 140 valence electrons. The van der Waals surface area contributed by atoms with Crippen molar-refractivity contribution < 1.29 is 4.79 Å². The van der Waals surface area contributed by atoms with E-state index in [-0.39, 0.29) is 11.9 Å². The standard InChI is InChI=1S/C20H23N5OS/c1-2-21-19(26)14-9-10-22-18(12-14)23-15-6-5-11-25(13-15)20-24-16-7-3-4-8-17(16)27-20/h3-4,7-10,12,15H,2,5-6,11,13H2,1H3,(H,21,26)(H,22,23). The number of nitrogens with zero attached hydrogens (tertiary/aromatic N) is 3. The molecular formula is C20H23N5OS. The molecule has 1 atom stereocenters. The molecule has 1 aromatic carbocycles. The van der Waals surface area contributed by atoms with E-state index in [0.717, 1.165) is 42.4 Å². The summed E-state index contributed by atoms with van der Waals surface area (Å²) in [5.41, 5.74) is 1.69. The number of piperidine rings is 1. The summed E-state index contributed by atoms with van der Waals surface area (Å²) in [5, 5.41) is 7.40. The third-order valence-corrected chi connectivity index (χ3v) is 5.78. The van der Waals surface area contributed by atoms with Gasteiger partial charge in [-0.3, -0.25) is 4.79 Å². The van der Waals surface area contributed by atoms with Gasteiger partial charge in [0.2, 0.25) is 0 Å². The van der Waals surface area contributed by atoms with E-state index in [2.05, 4.69) is 38.7 Å². The maximum Gasteiger partial charge on any atom is 0.251 e. The number of anilines is 2. The van der Waals surface area contributed by atoms with Crippen molar-refractivity contribution in [1.82, 2.24) is 15.3 Å². The van der Waals surface area contributed by atoms with Gasteiger partial charge in [0.1, 0.15) is 5.82 Å². The molecular weight excluding hydrogens is 358 g/mol. The lowest BCUT2D eigenvalue weighted by molar-refractivity contribution is 0.0955. The van der Waals surface area contributed by atoms with Crippen LogP contribution in [-0.2, 0) is 0 Å². The summed E-state index contributed by atoms with van der Waals surface area (Å²) < 4.78 is 1.22. The predicted molar refractivity (Wildman–Crippen MR) is 111 cm³/mol. The maximum absolute atomic E-state index is 12.0. The van der Waals surface area contributed by atoms with E-state index in [1.165, 1.54) is 4.70 Å². The van der Waals surface area contributed by atoms with E-state index in [1.807, 2.05) is 19.1 Å². The number of benzene rings is 1. The van der Waals surface area contributed by atoms with E-state index >= 15 is 0 Å². The number of rotatable bonds is 5. The van der Waals surface area contributed by atoms with Crippen LogP contribution in [0.3, 0.4) is 0 Å². The molecule has 7 heteroatoms. The monoisotopic (exact) mass is 381 g/mol. The molecule has 1 amide bonds. The highest BCUT2D eigenvalue weighted by atomic mass is 32.1. The van der Waals surface area contributed by atoms with Gasteiger partial charge in [-0.1, -0.05) is 23.5 Å². The average Bonchev–Trinajstić information content (AvgIpc) is 3.13. The fourth-order valence-corrected chi connectivity index (χ4v) is 4.39. The Morgan fingerprint density at radius 2 is 2.22 bits per heavy atom. The summed E-state index contributed by atoms with van der Waals surface area (Å²) in [4.78, 5) is 23.5. The summed E-state index contributed by atoms with van der Waals surface area (Å²) in [6.07, 6.45) is 3.86. The lowest BCUT2D eigenvalue weighted by atomic mass is 10.1. The lowest BCUT2D eigenvalue weighted by Crippen LogP contribution is -2.42. The van der Waals surface area contributed by atoms with Crippen molar-refractivity contribution in [3.05, 3.63) is 48.2 Å². The Labute approximate surface area is 162 Å². The highest BCUT2D eigenvalue weighted by Crippen LogP contribution is 2.30. The molecule has 0 radical (unpaired) electrons. The molecule has 6 nitrogen and oxygen atoms in total. The van der Waals surface area contributed by atoms with E-state index in [9.17, 15) is 4.79 Å². The van der Waals surface area contributed by atoms with Gasteiger partial charge >= 0.3 is 0 Å². The smallest absolute Gasteiger partial charge is 0.251 e. The number of nitrogens with one attached hydrogen (secondary N) is 2. The Morgan fingerprint density at radius 3 is 3.07 bits per heavy atom. The molecule has 1 fully saturated rings. The number of pyridine rings is 1. The van der Waals surface area contributed by atoms with Crippen molar-refractivity contribution >= 4 is 38.4 Å². The summed E-state index contributed by atoms with van der Waals surface area (Å²) in [6.45, 7) is 4.43. The lowest BCUT2D eigenvalue weighted by Gasteiger charge is -2.33. The zero-order valence-corrected chi connectivity index (χ0v) is 16.1. The van der Waals surface area contributed by atoms with Gasteiger partial charge in [-0.05, 0) is 44.0 Å². The first-order chi connectivity index (χ1) is 13.2. The molecule has 1 unspecified atom stereocenters. The van der Waals surface area contributed by atoms with Crippen LogP contribution in [0.5, 0.6) is 0 Å². The third-order valence-electron chi connectivity index (χ3n) is 4.69. The van der Waals surface area contributed by atoms with Crippen molar-refractivity contribution in [1.29, 1.82) is 0 Å². The summed E-state index contributed by atoms with van der Waals surface area (Å²) in [6, 6.07) is 12.1. The zero-order chi connectivity index (χ0) is 18.6. The first-order valence-corrected chi connectivity index (χ1v) is 10.2. The second kappa shape index (κ2) is 7.92. The van der Waals surface area contributed by atoms with Crippen molar-refractivity contribution in [3.8, 4) is 0 Å². The Balaban J connectivity index is 1.45. The highest BCUT2D eigenvalue weighted by molar-refractivity contribution is 7.22. The topological polar surface area (TPSA) is 70.2 Å². The molecule has 0 saturated carbocycles. The zero-order valence-electron chi connectivity index (χ0n) is 15.3. The quantitative estimate of drug-likeness (QED) is 0.708. The molecule has 1 saturated heterocycles. The number of carbonyl (C=O) groups is 1. The second-order valence-corrected chi connectivity index (χ2v) is 7.69. The first kappa shape index (κ1) is 17.7. The molecule has 4 rings (SSSR count). The minimum Gasteiger partial charge on any atom is -0.366 e. The minimum atomic E-state index is -0.0669. The summed E-state index contributed by atoms with van der Waals surface area (Å²) in [5.74, 6) is 0.678. The van der Waals surface area contributed by atoms with Gasteiger partial charge in [0.25, 0.3) is 5.91 Å². The molecule has 27 heavy (non-hydrogen) atoms. The van der Waals surface area contributed by atoms with Crippen LogP contribution in [0.25, 0.3) is 10.2 Å². The van der Waals surface area contributed by atoms with Crippen molar-refractivity contribution in [2.75, 3.05) is 29.9 Å². The van der Waals surface area contributed by atoms with Crippen LogP contribution in [0.15, 0.2) is 42.6 Å². The summed E-state index contributed by atoms with van der Waals surface area (Å²) >= 11 is 1.74. The molecule has 2 N–H and O–H groups in total. The number of carbonyl (C=O) groups excluding carboxylic acids is 1. The largest absolute Gasteiger partial charge is 0.366 e. The molecule has 1 aliphatic heterocycles. The van der Waals surface area contributed by atoms with Crippen LogP contribution < -0.4 is 15.5 Å². The Bertz CT molecular complexity index is 908. The fraction of sp³-hybridized carbons (Fsp3) is 0.350. The third kappa shape index (κ3) is 4.03. The number of para-hydroxylation sites is 1. The predicted octanol–water partition coefficient (Wildman–Crippen LogP) is 3.52. The Hall–Kier alpha value is -2.67. The number of fused-ring (bicyclic) bond motifs is 1. The number of thiazole rings is 1. The van der Waals surface area contributed by atoms with E-state index < -0.39 is 0 Å². The van der Waals surface area contributed by atoms with Crippen LogP contribution in [-0.4, -0.2) is 41.6 Å². The number of hydrogen-bond acceptors (Lipinski definition) is 6. The van der Waals surface area contributed by atoms with E-state index in [1.54, 1.807) is 23.6 Å². The van der Waals surface area contributed by atoms with Gasteiger partial charge < -0.3 is 15.5 Å². The van der Waals surface area contributed by atoms with Gasteiger partial charge in [-0.15, -0.1) is 0 Å². The summed E-state index contributed by atoms with van der Waals surface area (Å²) in [7, 11) is 0. The van der Waals surface area contributed by atoms with Gasteiger partial charge in [0.05, 0.1) is 10.2 Å². The van der Waals surface area contributed by atoms with Gasteiger partial charge in [0.15, 0.2) is 5.13 Å². The van der Waals surface area contributed by atoms with E-state index in [4.69, 9.17) is 4.98 Å². The molecule has 2 aromatic heterocycles. The van der Waals surface area contributed by atoms with Crippen LogP contribution in [0.4, 0.5) is 10.9 Å². The normalized spacial score (nSPS) is 17.1. The van der Waals surface area contributed by atoms with Crippen LogP contribution in [0, 0.1) is 0 Å². The fourth-order valence-electron chi connectivity index (χ4n) is 3.39. The molecule has 3 heterocycles. The number of amides is 1. The molecule has 1 aliphatic rings. The Morgan fingerprint density at radius 1 is 1.33 bits per heavy atom. The maximum atomic E-state index is 12.0. The minimum absolute atomic E-state index is 0.0669. The first-order valence-electron chi connectivity index (χ1n) is 9.34. The molecule has 0 bridgehead atoms. The molecule has 3 aromatic rings. The van der Waals surface area contributed by atoms with Gasteiger partial charge in [0, 0.05) is 37.4 Å². The average molecular weight is 382 g/mol. The molecule has 0 aliphatic carbocycles. The van der Waals surface area contributed by atoms with Crippen LogP contribution >= 0.6 is 11.3 Å². The Kier molecular flexibility index (Phi) is 5.20. The van der Waals surface area contributed by atoms with Crippen molar-refractivity contribution in [2.45, 2.75) is 25.8 Å². The molecule has 0 spiro atoms. The van der Waals surface area contributed by atoms with Gasteiger partial charge in [-0.2, -0.15) is 0 Å². The van der Waals surface area contributed by atoms with Crippen molar-refractivity contribution in [2.24, 2.45) is 0 Å². The number of aromatic nitrogens is 2. The second-order valence-electron chi connectivity index (χ2n) is 6.68. The highest BCUT2D eigenvalue weighted by Gasteiger charge is 2.22. The van der Waals surface area contributed by atoms with Gasteiger partial charge in [-0.25, -0.2) is 9.97 Å².